The predicted octanol–water partition coefficient (Wildman–Crippen LogP) is 2.43. The van der Waals surface area contributed by atoms with E-state index in [0.29, 0.717) is 16.8 Å². The number of urea groups is 1. The van der Waals surface area contributed by atoms with Gasteiger partial charge in [-0.3, -0.25) is 5.32 Å². The minimum absolute atomic E-state index is 0.0768. The van der Waals surface area contributed by atoms with E-state index in [4.69, 9.17) is 5.11 Å². The lowest BCUT2D eigenvalue weighted by Gasteiger charge is -2.20. The molecule has 0 aliphatic carbocycles. The second-order valence-electron chi connectivity index (χ2n) is 5.54. The summed E-state index contributed by atoms with van der Waals surface area (Å²) in [6, 6.07) is -1.17. The number of rotatable bonds is 2. The molecular weight excluding hydrogens is 298 g/mol. The number of aromatic nitrogens is 1. The molecule has 0 bridgehead atoms. The third-order valence-corrected chi connectivity index (χ3v) is 4.68. The van der Waals surface area contributed by atoms with Crippen LogP contribution in [0.2, 0.25) is 0 Å². The predicted molar refractivity (Wildman–Crippen MR) is 80.4 cm³/mol. The van der Waals surface area contributed by atoms with Crippen LogP contribution < -0.4 is 5.32 Å². The first-order valence-electron chi connectivity index (χ1n) is 6.13. The summed E-state index contributed by atoms with van der Waals surface area (Å²) in [5.74, 6) is -0.159. The Bertz CT molecular complexity index is 524. The quantitative estimate of drug-likeness (QED) is 0.876. The molecule has 1 aromatic rings. The molecule has 1 atom stereocenters. The number of thioether (sulfide) groups is 1. The van der Waals surface area contributed by atoms with E-state index < -0.39 is 18.0 Å². The molecule has 6 nitrogen and oxygen atoms in total. The van der Waals surface area contributed by atoms with Gasteiger partial charge in [-0.1, -0.05) is 20.8 Å². The Morgan fingerprint density at radius 3 is 2.75 bits per heavy atom. The molecule has 1 aliphatic heterocycles. The van der Waals surface area contributed by atoms with Crippen LogP contribution in [0.4, 0.5) is 9.93 Å². The van der Waals surface area contributed by atoms with Crippen molar-refractivity contribution in [2.75, 3.05) is 16.9 Å². The lowest BCUT2D eigenvalue weighted by molar-refractivity contribution is -0.140. The highest BCUT2D eigenvalue weighted by Crippen LogP contribution is 2.27. The van der Waals surface area contributed by atoms with Crippen LogP contribution in [0.25, 0.3) is 0 Å². The van der Waals surface area contributed by atoms with Crippen LogP contribution in [0.3, 0.4) is 0 Å². The van der Waals surface area contributed by atoms with Gasteiger partial charge in [0.05, 0.1) is 11.6 Å². The standard InChI is InChI=1S/C12H17N3O3S2/c1-12(2,3)8-5-20-10(13-8)14-11(18)15-6-19-4-7(15)9(16)17/h5,7H,4,6H2,1-3H3,(H,16,17)(H,13,14,18). The van der Waals surface area contributed by atoms with Crippen molar-refractivity contribution < 1.29 is 14.7 Å². The normalized spacial score (nSPS) is 19.1. The van der Waals surface area contributed by atoms with E-state index in [1.54, 1.807) is 0 Å². The summed E-state index contributed by atoms with van der Waals surface area (Å²) in [5.41, 5.74) is 0.829. The summed E-state index contributed by atoms with van der Waals surface area (Å²) in [7, 11) is 0. The van der Waals surface area contributed by atoms with E-state index in [9.17, 15) is 9.59 Å². The zero-order valence-electron chi connectivity index (χ0n) is 11.5. The molecule has 2 rings (SSSR count). The molecule has 20 heavy (non-hydrogen) atoms. The maximum atomic E-state index is 12.1. The first-order valence-corrected chi connectivity index (χ1v) is 8.16. The van der Waals surface area contributed by atoms with Gasteiger partial charge in [-0.15, -0.1) is 23.1 Å². The van der Waals surface area contributed by atoms with Crippen LogP contribution in [0, 0.1) is 0 Å². The number of nitrogens with zero attached hydrogens (tertiary/aromatic N) is 2. The number of carbonyl (C=O) groups is 2. The van der Waals surface area contributed by atoms with Gasteiger partial charge < -0.3 is 10.0 Å². The van der Waals surface area contributed by atoms with Crippen LogP contribution in [0.1, 0.15) is 26.5 Å². The summed E-state index contributed by atoms with van der Waals surface area (Å²) in [6.45, 7) is 6.14. The van der Waals surface area contributed by atoms with Gasteiger partial charge in [-0.2, -0.15) is 0 Å². The fourth-order valence-electron chi connectivity index (χ4n) is 1.69. The summed E-state index contributed by atoms with van der Waals surface area (Å²) in [6.07, 6.45) is 0. The summed E-state index contributed by atoms with van der Waals surface area (Å²) >= 11 is 2.78. The van der Waals surface area contributed by atoms with Crippen molar-refractivity contribution in [3.63, 3.8) is 0 Å². The Balaban J connectivity index is 2.05. The summed E-state index contributed by atoms with van der Waals surface area (Å²) in [4.78, 5) is 28.8. The highest BCUT2D eigenvalue weighted by atomic mass is 32.2. The minimum Gasteiger partial charge on any atom is -0.480 e. The van der Waals surface area contributed by atoms with Crippen LogP contribution >= 0.6 is 23.1 Å². The Morgan fingerprint density at radius 2 is 2.20 bits per heavy atom. The van der Waals surface area contributed by atoms with Crippen molar-refractivity contribution >= 4 is 40.2 Å². The van der Waals surface area contributed by atoms with Gasteiger partial charge in [-0.25, -0.2) is 14.6 Å². The van der Waals surface area contributed by atoms with Crippen molar-refractivity contribution in [2.24, 2.45) is 0 Å². The molecule has 110 valence electrons. The lowest BCUT2D eigenvalue weighted by atomic mass is 9.93. The molecule has 2 amide bonds. The number of carboxylic acids is 1. The summed E-state index contributed by atoms with van der Waals surface area (Å²) < 4.78 is 0. The zero-order valence-corrected chi connectivity index (χ0v) is 13.2. The van der Waals surface area contributed by atoms with Crippen LogP contribution in [-0.4, -0.2) is 44.7 Å². The van der Waals surface area contributed by atoms with Crippen molar-refractivity contribution in [2.45, 2.75) is 32.2 Å². The monoisotopic (exact) mass is 315 g/mol. The van der Waals surface area contributed by atoms with Crippen molar-refractivity contribution in [1.82, 2.24) is 9.88 Å². The van der Waals surface area contributed by atoms with E-state index in [1.165, 1.54) is 28.0 Å². The average molecular weight is 315 g/mol. The van der Waals surface area contributed by atoms with Gasteiger partial charge in [-0.05, 0) is 0 Å². The largest absolute Gasteiger partial charge is 0.480 e. The molecule has 0 aromatic carbocycles. The first kappa shape index (κ1) is 15.1. The van der Waals surface area contributed by atoms with Crippen molar-refractivity contribution in [3.8, 4) is 0 Å². The zero-order chi connectivity index (χ0) is 14.9. The topological polar surface area (TPSA) is 82.5 Å². The average Bonchev–Trinajstić information content (AvgIpc) is 2.95. The molecule has 8 heteroatoms. The van der Waals surface area contributed by atoms with E-state index in [1.807, 2.05) is 26.2 Å². The third kappa shape index (κ3) is 3.24. The summed E-state index contributed by atoms with van der Waals surface area (Å²) in [5, 5.41) is 14.1. The van der Waals surface area contributed by atoms with Gasteiger partial charge in [0, 0.05) is 16.5 Å². The van der Waals surface area contributed by atoms with E-state index in [0.717, 1.165) is 5.69 Å². The molecule has 1 unspecified atom stereocenters. The molecule has 0 saturated carbocycles. The number of anilines is 1. The number of hydrogen-bond acceptors (Lipinski definition) is 5. The molecule has 2 N–H and O–H groups in total. The Labute approximate surface area is 125 Å². The van der Waals surface area contributed by atoms with Gasteiger partial charge in [0.1, 0.15) is 6.04 Å². The van der Waals surface area contributed by atoms with Gasteiger partial charge in [0.15, 0.2) is 5.13 Å². The Hall–Kier alpha value is -1.28. The van der Waals surface area contributed by atoms with E-state index in [-0.39, 0.29) is 5.41 Å². The molecular formula is C12H17N3O3S2. The second-order valence-corrected chi connectivity index (χ2v) is 7.40. The molecule has 1 aliphatic rings. The van der Waals surface area contributed by atoms with Crippen molar-refractivity contribution in [3.05, 3.63) is 11.1 Å². The first-order chi connectivity index (χ1) is 9.29. The highest BCUT2D eigenvalue weighted by Gasteiger charge is 2.35. The number of carboxylic acid groups (broad SMARTS) is 1. The van der Waals surface area contributed by atoms with Crippen LogP contribution in [0.15, 0.2) is 5.38 Å². The maximum absolute atomic E-state index is 12.1. The maximum Gasteiger partial charge on any atom is 0.327 e. The minimum atomic E-state index is -0.973. The Kier molecular flexibility index (Phi) is 4.24. The van der Waals surface area contributed by atoms with Crippen molar-refractivity contribution in [1.29, 1.82) is 0 Å². The van der Waals surface area contributed by atoms with Gasteiger partial charge in [0.2, 0.25) is 0 Å². The van der Waals surface area contributed by atoms with Crippen LogP contribution in [0.5, 0.6) is 0 Å². The highest BCUT2D eigenvalue weighted by molar-refractivity contribution is 7.99. The molecule has 1 fully saturated rings. The fourth-order valence-corrected chi connectivity index (χ4v) is 3.76. The molecule has 0 spiro atoms. The molecule has 1 aromatic heterocycles. The number of nitrogens with one attached hydrogen (secondary N) is 1. The molecule has 0 radical (unpaired) electrons. The van der Waals surface area contributed by atoms with E-state index >= 15 is 0 Å². The second kappa shape index (κ2) is 5.61. The number of thiazole rings is 1. The van der Waals surface area contributed by atoms with Gasteiger partial charge in [0.25, 0.3) is 0 Å². The smallest absolute Gasteiger partial charge is 0.327 e. The number of carbonyl (C=O) groups excluding carboxylic acids is 1. The Morgan fingerprint density at radius 1 is 1.50 bits per heavy atom. The number of hydrogen-bond donors (Lipinski definition) is 2. The fraction of sp³-hybridized carbons (Fsp3) is 0.583. The number of aliphatic carboxylic acids is 1. The SMILES string of the molecule is CC(C)(C)c1csc(NC(=O)N2CSCC2C(=O)O)n1. The third-order valence-electron chi connectivity index (χ3n) is 2.91. The van der Waals surface area contributed by atoms with E-state index in [2.05, 4.69) is 10.3 Å². The van der Waals surface area contributed by atoms with Crippen LogP contribution in [-0.2, 0) is 10.2 Å². The number of amides is 2. The molecule has 1 saturated heterocycles. The van der Waals surface area contributed by atoms with Gasteiger partial charge >= 0.3 is 12.0 Å². The molecule has 2 heterocycles. The lowest BCUT2D eigenvalue weighted by Crippen LogP contribution is -2.43.